The predicted octanol–water partition coefficient (Wildman–Crippen LogP) is 2.29. The largest absolute Gasteiger partial charge is 0.380 e. The summed E-state index contributed by atoms with van der Waals surface area (Å²) in [7, 11) is 1.74. The fourth-order valence-electron chi connectivity index (χ4n) is 1.77. The number of ether oxygens (including phenoxy) is 1. The van der Waals surface area contributed by atoms with Crippen LogP contribution in [-0.4, -0.2) is 32.8 Å². The minimum atomic E-state index is 0.666. The van der Waals surface area contributed by atoms with E-state index in [1.54, 1.807) is 7.05 Å². The second kappa shape index (κ2) is 10.6. The Morgan fingerprint density at radius 2 is 1.95 bits per heavy atom. The van der Waals surface area contributed by atoms with Gasteiger partial charge < -0.3 is 15.4 Å². The highest BCUT2D eigenvalue weighted by molar-refractivity contribution is 5.79. The van der Waals surface area contributed by atoms with Crippen molar-refractivity contribution in [2.45, 2.75) is 26.8 Å². The highest BCUT2D eigenvalue weighted by atomic mass is 16.5. The number of nitriles is 1. The molecule has 0 aliphatic heterocycles. The second-order valence-electron chi connectivity index (χ2n) is 5.46. The van der Waals surface area contributed by atoms with Gasteiger partial charge >= 0.3 is 0 Å². The number of nitrogens with zero attached hydrogens (tertiary/aromatic N) is 2. The zero-order valence-electron chi connectivity index (χ0n) is 13.7. The van der Waals surface area contributed by atoms with Gasteiger partial charge in [0.1, 0.15) is 0 Å². The van der Waals surface area contributed by atoms with E-state index in [9.17, 15) is 0 Å². The first-order chi connectivity index (χ1) is 10.7. The lowest BCUT2D eigenvalue weighted by Crippen LogP contribution is -2.38. The molecule has 1 aromatic carbocycles. The van der Waals surface area contributed by atoms with Crippen LogP contribution in [0.1, 0.15) is 31.4 Å². The summed E-state index contributed by atoms with van der Waals surface area (Å²) in [6, 6.07) is 9.62. The van der Waals surface area contributed by atoms with E-state index in [0.717, 1.165) is 31.1 Å². The molecule has 1 aromatic rings. The van der Waals surface area contributed by atoms with Gasteiger partial charge in [0.05, 0.1) is 18.2 Å². The normalized spacial score (nSPS) is 11.3. The van der Waals surface area contributed by atoms with Gasteiger partial charge in [0.2, 0.25) is 0 Å². The molecule has 0 saturated carbocycles. The van der Waals surface area contributed by atoms with Gasteiger partial charge in [0, 0.05) is 26.7 Å². The summed E-state index contributed by atoms with van der Waals surface area (Å²) in [5, 5.41) is 15.2. The number of guanidine groups is 1. The maximum Gasteiger partial charge on any atom is 0.191 e. The van der Waals surface area contributed by atoms with Crippen LogP contribution < -0.4 is 10.6 Å². The number of rotatable bonds is 8. The van der Waals surface area contributed by atoms with Crippen molar-refractivity contribution in [1.82, 2.24) is 10.6 Å². The first kappa shape index (κ1) is 18.0. The van der Waals surface area contributed by atoms with Crippen molar-refractivity contribution < 1.29 is 4.74 Å². The molecule has 5 heteroatoms. The molecule has 0 aliphatic rings. The molecule has 0 aromatic heterocycles. The van der Waals surface area contributed by atoms with Crippen LogP contribution in [0.4, 0.5) is 0 Å². The van der Waals surface area contributed by atoms with Gasteiger partial charge in [-0.1, -0.05) is 26.0 Å². The Hall–Kier alpha value is -2.06. The molecule has 0 aliphatic carbocycles. The molecule has 0 radical (unpaired) electrons. The molecule has 120 valence electrons. The summed E-state index contributed by atoms with van der Waals surface area (Å²) < 4.78 is 5.55. The molecule has 0 atom stereocenters. The summed E-state index contributed by atoms with van der Waals surface area (Å²) in [6.45, 7) is 7.25. The molecule has 0 heterocycles. The zero-order chi connectivity index (χ0) is 16.2. The van der Waals surface area contributed by atoms with E-state index in [0.29, 0.717) is 24.6 Å². The third-order valence-corrected chi connectivity index (χ3v) is 3.14. The third kappa shape index (κ3) is 7.65. The lowest BCUT2D eigenvalue weighted by atomic mass is 10.1. The van der Waals surface area contributed by atoms with E-state index in [2.05, 4.69) is 35.5 Å². The molecule has 0 unspecified atom stereocenters. The Bertz CT molecular complexity index is 488. The van der Waals surface area contributed by atoms with Crippen LogP contribution in [-0.2, 0) is 11.3 Å². The Kier molecular flexibility index (Phi) is 8.70. The summed E-state index contributed by atoms with van der Waals surface area (Å²) in [4.78, 5) is 4.17. The summed E-state index contributed by atoms with van der Waals surface area (Å²) in [5.74, 6) is 1.42. The van der Waals surface area contributed by atoms with E-state index >= 15 is 0 Å². The average Bonchev–Trinajstić information content (AvgIpc) is 2.53. The van der Waals surface area contributed by atoms with Crippen LogP contribution in [0, 0.1) is 17.2 Å². The topological polar surface area (TPSA) is 69.4 Å². The van der Waals surface area contributed by atoms with Gasteiger partial charge in [-0.25, -0.2) is 0 Å². The first-order valence-corrected chi connectivity index (χ1v) is 7.67. The Balaban J connectivity index is 2.21. The van der Waals surface area contributed by atoms with E-state index < -0.39 is 0 Å². The highest BCUT2D eigenvalue weighted by Gasteiger charge is 1.99. The number of nitrogens with one attached hydrogen (secondary N) is 2. The highest BCUT2D eigenvalue weighted by Crippen LogP contribution is 2.02. The maximum atomic E-state index is 8.77. The molecule has 0 fully saturated rings. The first-order valence-electron chi connectivity index (χ1n) is 7.67. The fourth-order valence-corrected chi connectivity index (χ4v) is 1.77. The van der Waals surface area contributed by atoms with Crippen LogP contribution in [0.25, 0.3) is 0 Å². The molecule has 0 amide bonds. The minimum absolute atomic E-state index is 0.666. The van der Waals surface area contributed by atoms with Crippen molar-refractivity contribution in [3.63, 3.8) is 0 Å². The number of benzene rings is 1. The van der Waals surface area contributed by atoms with Gasteiger partial charge in [0.15, 0.2) is 5.96 Å². The number of hydrogen-bond donors (Lipinski definition) is 2. The van der Waals surface area contributed by atoms with Crippen LogP contribution in [0.3, 0.4) is 0 Å². The summed E-state index contributed by atoms with van der Waals surface area (Å²) in [6.07, 6.45) is 1.09. The van der Waals surface area contributed by atoms with Crippen molar-refractivity contribution in [1.29, 1.82) is 5.26 Å². The van der Waals surface area contributed by atoms with E-state index in [4.69, 9.17) is 10.00 Å². The molecule has 0 bridgehead atoms. The van der Waals surface area contributed by atoms with Gasteiger partial charge in [-0.2, -0.15) is 5.26 Å². The molecule has 2 N–H and O–H groups in total. The van der Waals surface area contributed by atoms with Gasteiger partial charge in [0.25, 0.3) is 0 Å². The molecule has 5 nitrogen and oxygen atoms in total. The third-order valence-electron chi connectivity index (χ3n) is 3.14. The van der Waals surface area contributed by atoms with Crippen LogP contribution in [0.5, 0.6) is 0 Å². The van der Waals surface area contributed by atoms with Crippen LogP contribution in [0.2, 0.25) is 0 Å². The van der Waals surface area contributed by atoms with E-state index in [1.807, 2.05) is 24.3 Å². The zero-order valence-corrected chi connectivity index (χ0v) is 13.7. The second-order valence-corrected chi connectivity index (χ2v) is 5.46. The SMILES string of the molecule is CN=C(NCCOCCC(C)C)NCc1ccc(C#N)cc1. The van der Waals surface area contributed by atoms with Crippen molar-refractivity contribution >= 4 is 5.96 Å². The Labute approximate surface area is 133 Å². The molecule has 0 saturated heterocycles. The van der Waals surface area contributed by atoms with E-state index in [-0.39, 0.29) is 0 Å². The monoisotopic (exact) mass is 302 g/mol. The molecule has 0 spiro atoms. The van der Waals surface area contributed by atoms with Gasteiger partial charge in [-0.15, -0.1) is 0 Å². The molecular weight excluding hydrogens is 276 g/mol. The maximum absolute atomic E-state index is 8.77. The predicted molar refractivity (Wildman–Crippen MR) is 89.6 cm³/mol. The molecule has 1 rings (SSSR count). The van der Waals surface area contributed by atoms with Crippen molar-refractivity contribution in [3.05, 3.63) is 35.4 Å². The lowest BCUT2D eigenvalue weighted by molar-refractivity contribution is 0.128. The summed E-state index contributed by atoms with van der Waals surface area (Å²) in [5.41, 5.74) is 1.78. The van der Waals surface area contributed by atoms with Crippen molar-refractivity contribution in [2.24, 2.45) is 10.9 Å². The number of aliphatic imine (C=N–C) groups is 1. The summed E-state index contributed by atoms with van der Waals surface area (Å²) >= 11 is 0. The Morgan fingerprint density at radius 3 is 2.55 bits per heavy atom. The standard InChI is InChI=1S/C17H26N4O/c1-14(2)8-10-22-11-9-20-17(19-3)21-13-16-6-4-15(12-18)5-7-16/h4-7,14H,8-11,13H2,1-3H3,(H2,19,20,21). The van der Waals surface area contributed by atoms with E-state index in [1.165, 1.54) is 0 Å². The van der Waals surface area contributed by atoms with Crippen LogP contribution >= 0.6 is 0 Å². The van der Waals surface area contributed by atoms with Gasteiger partial charge in [-0.3, -0.25) is 4.99 Å². The van der Waals surface area contributed by atoms with Crippen molar-refractivity contribution in [3.8, 4) is 6.07 Å². The quantitative estimate of drug-likeness (QED) is 0.439. The van der Waals surface area contributed by atoms with Crippen LogP contribution in [0.15, 0.2) is 29.3 Å². The average molecular weight is 302 g/mol. The smallest absolute Gasteiger partial charge is 0.191 e. The fraction of sp³-hybridized carbons (Fsp3) is 0.529. The molecular formula is C17H26N4O. The lowest BCUT2D eigenvalue weighted by Gasteiger charge is -2.12. The Morgan fingerprint density at radius 1 is 1.23 bits per heavy atom. The van der Waals surface area contributed by atoms with Gasteiger partial charge in [-0.05, 0) is 30.0 Å². The van der Waals surface area contributed by atoms with Crippen molar-refractivity contribution in [2.75, 3.05) is 26.8 Å². The minimum Gasteiger partial charge on any atom is -0.380 e. The number of hydrogen-bond acceptors (Lipinski definition) is 3. The molecule has 22 heavy (non-hydrogen) atoms.